The van der Waals surface area contributed by atoms with Crippen molar-refractivity contribution < 1.29 is 8.42 Å². The zero-order valence-electron chi connectivity index (χ0n) is 11.3. The van der Waals surface area contributed by atoms with Crippen LogP contribution in [-0.2, 0) is 23.0 Å². The van der Waals surface area contributed by atoms with Crippen molar-refractivity contribution in [1.29, 1.82) is 0 Å². The molecule has 0 saturated heterocycles. The molecule has 1 aromatic carbocycles. The van der Waals surface area contributed by atoms with Gasteiger partial charge in [0.1, 0.15) is 5.82 Å². The Hall–Kier alpha value is -1.73. The molecule has 0 bridgehead atoms. The van der Waals surface area contributed by atoms with Gasteiger partial charge >= 0.3 is 0 Å². The zero-order valence-corrected chi connectivity index (χ0v) is 12.1. The highest BCUT2D eigenvalue weighted by Gasteiger charge is 2.25. The molecular weight excluding hydrogens is 278 g/mol. The maximum Gasteiger partial charge on any atom is 0.262 e. The summed E-state index contributed by atoms with van der Waals surface area (Å²) in [5.74, 6) is 0.738. The van der Waals surface area contributed by atoms with Gasteiger partial charge in [0.2, 0.25) is 10.0 Å². The van der Waals surface area contributed by atoms with Gasteiger partial charge in [0, 0.05) is 27.1 Å². The van der Waals surface area contributed by atoms with E-state index in [0.29, 0.717) is 12.1 Å². The molecule has 6 nitrogen and oxygen atoms in total. The standard InChI is InChI=1S/C13H15N3O3S/c1-15(2)20(18,19)10-6-3-5-9-12(10)13(17)16-8-4-7-11(16)14-9/h3,5-6H,4,7-8H2,1-2H3. The topological polar surface area (TPSA) is 72.3 Å². The van der Waals surface area contributed by atoms with E-state index < -0.39 is 10.0 Å². The van der Waals surface area contributed by atoms with Crippen LogP contribution in [0.3, 0.4) is 0 Å². The lowest BCUT2D eigenvalue weighted by molar-refractivity contribution is 0.521. The van der Waals surface area contributed by atoms with E-state index in [1.807, 2.05) is 0 Å². The molecule has 0 fully saturated rings. The van der Waals surface area contributed by atoms with E-state index >= 15 is 0 Å². The molecule has 0 unspecified atom stereocenters. The number of rotatable bonds is 2. The van der Waals surface area contributed by atoms with Gasteiger partial charge in [0.05, 0.1) is 15.8 Å². The predicted molar refractivity (Wildman–Crippen MR) is 75.2 cm³/mol. The molecule has 1 aliphatic heterocycles. The summed E-state index contributed by atoms with van der Waals surface area (Å²) in [4.78, 5) is 17.0. The van der Waals surface area contributed by atoms with E-state index in [4.69, 9.17) is 0 Å². The van der Waals surface area contributed by atoms with Gasteiger partial charge in [-0.05, 0) is 18.6 Å². The van der Waals surface area contributed by atoms with Crippen LogP contribution in [-0.4, -0.2) is 36.4 Å². The van der Waals surface area contributed by atoms with Gasteiger partial charge in [-0.1, -0.05) is 6.07 Å². The maximum atomic E-state index is 12.6. The first-order valence-corrected chi connectivity index (χ1v) is 7.82. The van der Waals surface area contributed by atoms with E-state index in [-0.39, 0.29) is 15.8 Å². The molecule has 2 aromatic rings. The van der Waals surface area contributed by atoms with E-state index in [9.17, 15) is 13.2 Å². The lowest BCUT2D eigenvalue weighted by Gasteiger charge is -2.14. The molecule has 0 amide bonds. The van der Waals surface area contributed by atoms with Gasteiger partial charge in [0.25, 0.3) is 5.56 Å². The zero-order chi connectivity index (χ0) is 14.5. The second kappa shape index (κ2) is 4.39. The van der Waals surface area contributed by atoms with Crippen LogP contribution < -0.4 is 5.56 Å². The molecular formula is C13H15N3O3S. The van der Waals surface area contributed by atoms with Crippen LogP contribution in [0.15, 0.2) is 27.9 Å². The Bertz CT molecular complexity index is 853. The first-order valence-electron chi connectivity index (χ1n) is 6.38. The summed E-state index contributed by atoms with van der Waals surface area (Å²) >= 11 is 0. The van der Waals surface area contributed by atoms with Gasteiger partial charge in [-0.25, -0.2) is 17.7 Å². The largest absolute Gasteiger partial charge is 0.296 e. The number of nitrogens with zero attached hydrogens (tertiary/aromatic N) is 3. The minimum absolute atomic E-state index is 0.0275. The fourth-order valence-electron chi connectivity index (χ4n) is 2.51. The van der Waals surface area contributed by atoms with Gasteiger partial charge in [-0.2, -0.15) is 0 Å². The van der Waals surface area contributed by atoms with Crippen molar-refractivity contribution in [3.8, 4) is 0 Å². The number of fused-ring (bicyclic) bond motifs is 2. The second-order valence-corrected chi connectivity index (χ2v) is 7.15. The minimum atomic E-state index is -3.66. The summed E-state index contributed by atoms with van der Waals surface area (Å²) in [5.41, 5.74) is 0.189. The Labute approximate surface area is 116 Å². The lowest BCUT2D eigenvalue weighted by atomic mass is 10.2. The number of hydrogen-bond donors (Lipinski definition) is 0. The Kier molecular flexibility index (Phi) is 2.91. The highest BCUT2D eigenvalue weighted by molar-refractivity contribution is 7.89. The van der Waals surface area contributed by atoms with Crippen molar-refractivity contribution >= 4 is 20.9 Å². The van der Waals surface area contributed by atoms with Crippen LogP contribution in [0.25, 0.3) is 10.9 Å². The van der Waals surface area contributed by atoms with Crippen molar-refractivity contribution in [1.82, 2.24) is 13.9 Å². The first-order chi connectivity index (χ1) is 9.43. The maximum absolute atomic E-state index is 12.6. The van der Waals surface area contributed by atoms with Crippen LogP contribution >= 0.6 is 0 Å². The molecule has 2 heterocycles. The SMILES string of the molecule is CN(C)S(=O)(=O)c1cccc2nc3n(c(=O)c12)CCC3. The third-order valence-electron chi connectivity index (χ3n) is 3.57. The van der Waals surface area contributed by atoms with E-state index in [1.54, 1.807) is 16.7 Å². The number of aromatic nitrogens is 2. The molecule has 0 aliphatic carbocycles. The third-order valence-corrected chi connectivity index (χ3v) is 5.42. The smallest absolute Gasteiger partial charge is 0.262 e. The highest BCUT2D eigenvalue weighted by atomic mass is 32.2. The summed E-state index contributed by atoms with van der Waals surface area (Å²) in [6, 6.07) is 4.77. The molecule has 3 rings (SSSR count). The highest BCUT2D eigenvalue weighted by Crippen LogP contribution is 2.22. The predicted octanol–water partition coefficient (Wildman–Crippen LogP) is 0.593. The molecule has 0 spiro atoms. The normalized spacial score (nSPS) is 14.9. The van der Waals surface area contributed by atoms with E-state index in [0.717, 1.165) is 23.0 Å². The molecule has 1 aliphatic rings. The first kappa shape index (κ1) is 13.3. The number of benzene rings is 1. The Morgan fingerprint density at radius 1 is 1.30 bits per heavy atom. The summed E-state index contributed by atoms with van der Waals surface area (Å²) in [5, 5.41) is 0.187. The lowest BCUT2D eigenvalue weighted by Crippen LogP contribution is -2.27. The van der Waals surface area contributed by atoms with Crippen LogP contribution in [0, 0.1) is 0 Å². The van der Waals surface area contributed by atoms with Gasteiger partial charge in [-0.3, -0.25) is 9.36 Å². The van der Waals surface area contributed by atoms with Crippen molar-refractivity contribution in [3.63, 3.8) is 0 Å². The van der Waals surface area contributed by atoms with Crippen LogP contribution in [0.2, 0.25) is 0 Å². The van der Waals surface area contributed by atoms with Crippen molar-refractivity contribution in [3.05, 3.63) is 34.4 Å². The Morgan fingerprint density at radius 2 is 2.05 bits per heavy atom. The molecule has 106 valence electrons. The average molecular weight is 293 g/mol. The minimum Gasteiger partial charge on any atom is -0.296 e. The van der Waals surface area contributed by atoms with Crippen molar-refractivity contribution in [2.45, 2.75) is 24.3 Å². The van der Waals surface area contributed by atoms with Crippen molar-refractivity contribution in [2.75, 3.05) is 14.1 Å². The molecule has 1 aromatic heterocycles. The van der Waals surface area contributed by atoms with Crippen LogP contribution in [0.1, 0.15) is 12.2 Å². The summed E-state index contributed by atoms with van der Waals surface area (Å²) in [6.45, 7) is 0.605. The van der Waals surface area contributed by atoms with Gasteiger partial charge in [-0.15, -0.1) is 0 Å². The van der Waals surface area contributed by atoms with Gasteiger partial charge in [0.15, 0.2) is 0 Å². The third kappa shape index (κ3) is 1.77. The van der Waals surface area contributed by atoms with E-state index in [2.05, 4.69) is 4.98 Å². The number of aryl methyl sites for hydroxylation is 1. The number of hydrogen-bond acceptors (Lipinski definition) is 4. The van der Waals surface area contributed by atoms with Crippen LogP contribution in [0.5, 0.6) is 0 Å². The van der Waals surface area contributed by atoms with E-state index in [1.165, 1.54) is 20.2 Å². The Balaban J connectivity index is 2.45. The second-order valence-electron chi connectivity index (χ2n) is 5.03. The quantitative estimate of drug-likeness (QED) is 0.812. The summed E-state index contributed by atoms with van der Waals surface area (Å²) < 4.78 is 27.4. The summed E-state index contributed by atoms with van der Waals surface area (Å²) in [7, 11) is -0.761. The average Bonchev–Trinajstić information content (AvgIpc) is 2.86. The molecule has 0 saturated carbocycles. The molecule has 20 heavy (non-hydrogen) atoms. The molecule has 0 atom stereocenters. The summed E-state index contributed by atoms with van der Waals surface area (Å²) in [6.07, 6.45) is 1.63. The molecule has 0 N–H and O–H groups in total. The number of sulfonamides is 1. The monoisotopic (exact) mass is 293 g/mol. The molecule has 0 radical (unpaired) electrons. The van der Waals surface area contributed by atoms with Gasteiger partial charge < -0.3 is 0 Å². The Morgan fingerprint density at radius 3 is 2.75 bits per heavy atom. The molecule has 7 heteroatoms. The van der Waals surface area contributed by atoms with Crippen molar-refractivity contribution in [2.24, 2.45) is 0 Å². The fourth-order valence-corrected chi connectivity index (χ4v) is 3.60. The fraction of sp³-hybridized carbons (Fsp3) is 0.385. The van der Waals surface area contributed by atoms with Crippen LogP contribution in [0.4, 0.5) is 0 Å².